The lowest BCUT2D eigenvalue weighted by Gasteiger charge is -1.92. The fourth-order valence-corrected chi connectivity index (χ4v) is 1.78. The summed E-state index contributed by atoms with van der Waals surface area (Å²) >= 11 is 1.44. The highest BCUT2D eigenvalue weighted by Gasteiger charge is 2.01. The normalized spacial score (nSPS) is 9.85. The molecule has 2 nitrogen and oxygen atoms in total. The maximum absolute atomic E-state index is 10.4. The Morgan fingerprint density at radius 3 is 2.92 bits per heavy atom. The first kappa shape index (κ1) is 8.13. The largest absolute Gasteiger partial charge is 0.297 e. The molecule has 2 heterocycles. The molecule has 13 heavy (non-hydrogen) atoms. The van der Waals surface area contributed by atoms with E-state index in [9.17, 15) is 4.79 Å². The van der Waals surface area contributed by atoms with Crippen LogP contribution < -0.4 is 0 Å². The lowest BCUT2D eigenvalue weighted by molar-refractivity contribution is 0.112. The Balaban J connectivity index is 2.41. The summed E-state index contributed by atoms with van der Waals surface area (Å²) in [5.74, 6) is 0. The monoisotopic (exact) mass is 189 g/mol. The second kappa shape index (κ2) is 3.49. The molecule has 0 saturated carbocycles. The Morgan fingerprint density at radius 2 is 2.31 bits per heavy atom. The van der Waals surface area contributed by atoms with Gasteiger partial charge in [-0.1, -0.05) is 6.07 Å². The molecular formula is C10H7NOS. The minimum Gasteiger partial charge on any atom is -0.297 e. The first-order valence-electron chi connectivity index (χ1n) is 3.85. The van der Waals surface area contributed by atoms with Crippen molar-refractivity contribution in [1.82, 2.24) is 4.98 Å². The Hall–Kier alpha value is -1.48. The van der Waals surface area contributed by atoms with E-state index in [-0.39, 0.29) is 0 Å². The van der Waals surface area contributed by atoms with Crippen LogP contribution in [0.2, 0.25) is 0 Å². The molecule has 0 bridgehead atoms. The molecule has 0 aromatic carbocycles. The van der Waals surface area contributed by atoms with Crippen LogP contribution in [0, 0.1) is 0 Å². The first-order chi connectivity index (χ1) is 6.40. The van der Waals surface area contributed by atoms with Crippen molar-refractivity contribution in [2.45, 2.75) is 0 Å². The van der Waals surface area contributed by atoms with Gasteiger partial charge in [0, 0.05) is 17.1 Å². The van der Waals surface area contributed by atoms with Crippen molar-refractivity contribution in [2.24, 2.45) is 0 Å². The minimum atomic E-state index is 0.737. The maximum Gasteiger partial charge on any atom is 0.160 e. The van der Waals surface area contributed by atoms with Gasteiger partial charge in [0.2, 0.25) is 0 Å². The van der Waals surface area contributed by atoms with E-state index in [0.717, 1.165) is 22.4 Å². The van der Waals surface area contributed by atoms with Gasteiger partial charge < -0.3 is 0 Å². The van der Waals surface area contributed by atoms with Crippen LogP contribution in [-0.4, -0.2) is 11.3 Å². The molecule has 0 aliphatic heterocycles. The fourth-order valence-electron chi connectivity index (χ4n) is 1.08. The zero-order valence-electron chi connectivity index (χ0n) is 6.81. The predicted octanol–water partition coefficient (Wildman–Crippen LogP) is 2.62. The maximum atomic E-state index is 10.4. The Labute approximate surface area is 79.9 Å². The van der Waals surface area contributed by atoms with Crippen LogP contribution in [0.4, 0.5) is 0 Å². The Bertz CT molecular complexity index is 408. The summed E-state index contributed by atoms with van der Waals surface area (Å²) in [6.45, 7) is 0. The Morgan fingerprint density at radius 1 is 1.38 bits per heavy atom. The van der Waals surface area contributed by atoms with Crippen molar-refractivity contribution in [3.63, 3.8) is 0 Å². The van der Waals surface area contributed by atoms with Gasteiger partial charge in [0.15, 0.2) is 6.29 Å². The van der Waals surface area contributed by atoms with Crippen molar-refractivity contribution in [2.75, 3.05) is 0 Å². The molecular weight excluding hydrogens is 182 g/mol. The van der Waals surface area contributed by atoms with Gasteiger partial charge in [-0.05, 0) is 18.2 Å². The third kappa shape index (κ3) is 1.65. The third-order valence-corrected chi connectivity index (χ3v) is 2.55. The third-order valence-electron chi connectivity index (χ3n) is 1.70. The first-order valence-corrected chi connectivity index (χ1v) is 4.73. The average Bonchev–Trinajstić information content (AvgIpc) is 2.67. The van der Waals surface area contributed by atoms with Gasteiger partial charge in [0.1, 0.15) is 0 Å². The van der Waals surface area contributed by atoms with Gasteiger partial charge in [-0.3, -0.25) is 9.78 Å². The molecule has 0 fully saturated rings. The molecule has 0 spiro atoms. The molecule has 0 amide bonds. The van der Waals surface area contributed by atoms with Crippen molar-refractivity contribution >= 4 is 17.6 Å². The smallest absolute Gasteiger partial charge is 0.160 e. The molecule has 2 rings (SSSR count). The van der Waals surface area contributed by atoms with Crippen molar-refractivity contribution < 1.29 is 4.79 Å². The number of nitrogens with zero attached hydrogens (tertiary/aromatic N) is 1. The molecule has 0 unspecified atom stereocenters. The van der Waals surface area contributed by atoms with E-state index in [1.54, 1.807) is 6.20 Å². The molecule has 0 aliphatic carbocycles. The molecule has 2 aromatic rings. The van der Waals surface area contributed by atoms with E-state index in [0.29, 0.717) is 0 Å². The summed E-state index contributed by atoms with van der Waals surface area (Å²) in [7, 11) is 0. The molecule has 64 valence electrons. The van der Waals surface area contributed by atoms with Gasteiger partial charge in [-0.2, -0.15) is 0 Å². The molecule has 0 saturated heterocycles. The number of rotatable bonds is 2. The zero-order chi connectivity index (χ0) is 9.10. The summed E-state index contributed by atoms with van der Waals surface area (Å²) < 4.78 is 0. The van der Waals surface area contributed by atoms with E-state index < -0.39 is 0 Å². The highest BCUT2D eigenvalue weighted by atomic mass is 32.1. The Kier molecular flexibility index (Phi) is 2.19. The number of hydrogen-bond donors (Lipinski definition) is 0. The quantitative estimate of drug-likeness (QED) is 0.680. The van der Waals surface area contributed by atoms with Crippen molar-refractivity contribution in [3.8, 4) is 11.3 Å². The molecule has 0 radical (unpaired) electrons. The topological polar surface area (TPSA) is 30.0 Å². The predicted molar refractivity (Wildman–Crippen MR) is 52.9 cm³/mol. The number of aromatic nitrogens is 1. The van der Waals surface area contributed by atoms with E-state index >= 15 is 0 Å². The van der Waals surface area contributed by atoms with Crippen LogP contribution >= 0.6 is 11.3 Å². The summed E-state index contributed by atoms with van der Waals surface area (Å²) in [4.78, 5) is 15.4. The number of hydrogen-bond acceptors (Lipinski definition) is 3. The van der Waals surface area contributed by atoms with E-state index in [1.807, 2.05) is 29.6 Å². The second-order valence-electron chi connectivity index (χ2n) is 2.57. The van der Waals surface area contributed by atoms with Crippen LogP contribution in [0.1, 0.15) is 9.67 Å². The van der Waals surface area contributed by atoms with Gasteiger partial charge in [-0.15, -0.1) is 11.3 Å². The molecule has 2 aromatic heterocycles. The molecule has 0 atom stereocenters. The van der Waals surface area contributed by atoms with E-state index in [4.69, 9.17) is 0 Å². The summed E-state index contributed by atoms with van der Waals surface area (Å²) in [5.41, 5.74) is 1.92. The number of carbonyl (C=O) groups excluding carboxylic acids is 1. The molecule has 3 heteroatoms. The van der Waals surface area contributed by atoms with Gasteiger partial charge in [-0.25, -0.2) is 0 Å². The lowest BCUT2D eigenvalue weighted by atomic mass is 10.2. The standard InChI is InChI=1S/C10H7NOS/c12-6-9-5-8(7-13-9)10-3-1-2-4-11-10/h1-7H. The summed E-state index contributed by atoms with van der Waals surface area (Å²) in [5, 5.41) is 1.94. The van der Waals surface area contributed by atoms with Crippen LogP contribution in [0.15, 0.2) is 35.8 Å². The summed E-state index contributed by atoms with van der Waals surface area (Å²) in [6, 6.07) is 7.58. The van der Waals surface area contributed by atoms with Gasteiger partial charge >= 0.3 is 0 Å². The average molecular weight is 189 g/mol. The van der Waals surface area contributed by atoms with Crippen LogP contribution in [0.3, 0.4) is 0 Å². The minimum absolute atomic E-state index is 0.737. The fraction of sp³-hybridized carbons (Fsp3) is 0. The van der Waals surface area contributed by atoms with Crippen molar-refractivity contribution in [3.05, 3.63) is 40.7 Å². The summed E-state index contributed by atoms with van der Waals surface area (Å²) in [6.07, 6.45) is 2.60. The zero-order valence-corrected chi connectivity index (χ0v) is 7.62. The number of thiophene rings is 1. The van der Waals surface area contributed by atoms with E-state index in [2.05, 4.69) is 4.98 Å². The number of aldehydes is 1. The van der Waals surface area contributed by atoms with Crippen LogP contribution in [0.25, 0.3) is 11.3 Å². The van der Waals surface area contributed by atoms with Crippen LogP contribution in [-0.2, 0) is 0 Å². The SMILES string of the molecule is O=Cc1cc(-c2ccccn2)cs1. The lowest BCUT2D eigenvalue weighted by Crippen LogP contribution is -1.77. The highest BCUT2D eigenvalue weighted by molar-refractivity contribution is 7.12. The van der Waals surface area contributed by atoms with Crippen LogP contribution in [0.5, 0.6) is 0 Å². The van der Waals surface area contributed by atoms with Gasteiger partial charge in [0.25, 0.3) is 0 Å². The van der Waals surface area contributed by atoms with E-state index in [1.165, 1.54) is 11.3 Å². The van der Waals surface area contributed by atoms with Crippen molar-refractivity contribution in [1.29, 1.82) is 0 Å². The molecule has 0 N–H and O–H groups in total. The number of carbonyl (C=O) groups is 1. The highest BCUT2D eigenvalue weighted by Crippen LogP contribution is 2.22. The second-order valence-corrected chi connectivity index (χ2v) is 3.51. The van der Waals surface area contributed by atoms with Gasteiger partial charge in [0.05, 0.1) is 10.6 Å². The number of pyridine rings is 1. The molecule has 0 aliphatic rings.